The van der Waals surface area contributed by atoms with Gasteiger partial charge in [-0.05, 0) is 37.4 Å². The summed E-state index contributed by atoms with van der Waals surface area (Å²) in [6.07, 6.45) is 3.41. The predicted octanol–water partition coefficient (Wildman–Crippen LogP) is 1.18. The van der Waals surface area contributed by atoms with E-state index in [-0.39, 0.29) is 12.4 Å². The van der Waals surface area contributed by atoms with E-state index < -0.39 is 0 Å². The van der Waals surface area contributed by atoms with Crippen molar-refractivity contribution >= 4 is 0 Å². The van der Waals surface area contributed by atoms with E-state index in [0.29, 0.717) is 11.6 Å². The first-order valence-corrected chi connectivity index (χ1v) is 5.44. The van der Waals surface area contributed by atoms with E-state index in [1.54, 1.807) is 12.1 Å². The highest BCUT2D eigenvalue weighted by Gasteiger charge is 2.14. The average Bonchev–Trinajstić information content (AvgIpc) is 2.71. The summed E-state index contributed by atoms with van der Waals surface area (Å²) in [5, 5.41) is 21.9. The molecule has 1 atom stereocenters. The van der Waals surface area contributed by atoms with Gasteiger partial charge in [0.05, 0.1) is 6.61 Å². The van der Waals surface area contributed by atoms with Crippen molar-refractivity contribution in [1.82, 2.24) is 5.32 Å². The van der Waals surface area contributed by atoms with Gasteiger partial charge in [0.15, 0.2) is 0 Å². The molecule has 0 spiro atoms. The minimum absolute atomic E-state index is 0.103. The van der Waals surface area contributed by atoms with Crippen molar-refractivity contribution in [1.29, 1.82) is 0 Å². The maximum atomic E-state index is 9.58. The Morgan fingerprint density at radius 2 is 2.27 bits per heavy atom. The van der Waals surface area contributed by atoms with Crippen LogP contribution in [-0.4, -0.2) is 22.8 Å². The standard InChI is InChI=1S/C12H17NO2/c14-8-10-4-3-9(7-12(10)15)6-11-2-1-5-13-11/h3-4,7,11,13-15H,1-2,5-6,8H2. The first-order chi connectivity index (χ1) is 7.29. The second-order valence-corrected chi connectivity index (χ2v) is 4.12. The summed E-state index contributed by atoms with van der Waals surface area (Å²) in [6, 6.07) is 6.07. The highest BCUT2D eigenvalue weighted by atomic mass is 16.3. The number of nitrogens with one attached hydrogen (secondary N) is 1. The first-order valence-electron chi connectivity index (χ1n) is 5.44. The molecule has 3 N–H and O–H groups in total. The molecule has 0 aliphatic carbocycles. The summed E-state index contributed by atoms with van der Waals surface area (Å²) in [5.41, 5.74) is 1.72. The Morgan fingerprint density at radius 1 is 1.40 bits per heavy atom. The topological polar surface area (TPSA) is 52.5 Å². The molecule has 1 fully saturated rings. The third-order valence-corrected chi connectivity index (χ3v) is 2.96. The highest BCUT2D eigenvalue weighted by Crippen LogP contribution is 2.21. The zero-order chi connectivity index (χ0) is 10.7. The number of rotatable bonds is 3. The van der Waals surface area contributed by atoms with Crippen molar-refractivity contribution in [2.75, 3.05) is 6.54 Å². The molecule has 2 rings (SSSR count). The zero-order valence-corrected chi connectivity index (χ0v) is 8.74. The van der Waals surface area contributed by atoms with Gasteiger partial charge in [-0.25, -0.2) is 0 Å². The van der Waals surface area contributed by atoms with Gasteiger partial charge in [-0.1, -0.05) is 12.1 Å². The molecule has 82 valence electrons. The number of benzene rings is 1. The fourth-order valence-electron chi connectivity index (χ4n) is 2.09. The smallest absolute Gasteiger partial charge is 0.121 e. The Kier molecular flexibility index (Phi) is 3.23. The molecule has 0 bridgehead atoms. The molecule has 1 aromatic carbocycles. The summed E-state index contributed by atoms with van der Waals surface area (Å²) in [6.45, 7) is 0.999. The molecule has 1 aliphatic rings. The first kappa shape index (κ1) is 10.5. The molecule has 15 heavy (non-hydrogen) atoms. The molecular weight excluding hydrogens is 190 g/mol. The van der Waals surface area contributed by atoms with Crippen LogP contribution in [0, 0.1) is 0 Å². The molecule has 1 aromatic rings. The second kappa shape index (κ2) is 4.64. The van der Waals surface area contributed by atoms with Crippen molar-refractivity contribution in [3.05, 3.63) is 29.3 Å². The van der Waals surface area contributed by atoms with Crippen LogP contribution >= 0.6 is 0 Å². The maximum Gasteiger partial charge on any atom is 0.121 e. The Balaban J connectivity index is 2.05. The summed E-state index contributed by atoms with van der Waals surface area (Å²) < 4.78 is 0. The highest BCUT2D eigenvalue weighted by molar-refractivity contribution is 5.36. The van der Waals surface area contributed by atoms with Gasteiger partial charge in [0.1, 0.15) is 5.75 Å². The molecule has 0 amide bonds. The Morgan fingerprint density at radius 3 is 2.87 bits per heavy atom. The van der Waals surface area contributed by atoms with E-state index in [4.69, 9.17) is 5.11 Å². The van der Waals surface area contributed by atoms with E-state index >= 15 is 0 Å². The minimum atomic E-state index is -0.103. The summed E-state index contributed by atoms with van der Waals surface area (Å²) in [5.74, 6) is 0.202. The summed E-state index contributed by atoms with van der Waals surface area (Å²) in [7, 11) is 0. The van der Waals surface area contributed by atoms with Crippen molar-refractivity contribution < 1.29 is 10.2 Å². The maximum absolute atomic E-state index is 9.58. The molecular formula is C12H17NO2. The molecule has 3 nitrogen and oxygen atoms in total. The van der Waals surface area contributed by atoms with Crippen LogP contribution in [0.15, 0.2) is 18.2 Å². The molecule has 1 saturated heterocycles. The van der Waals surface area contributed by atoms with Gasteiger partial charge in [-0.15, -0.1) is 0 Å². The van der Waals surface area contributed by atoms with Crippen molar-refractivity contribution in [3.8, 4) is 5.75 Å². The van der Waals surface area contributed by atoms with Crippen LogP contribution < -0.4 is 5.32 Å². The van der Waals surface area contributed by atoms with Crippen LogP contribution in [0.25, 0.3) is 0 Å². The lowest BCUT2D eigenvalue weighted by molar-refractivity contribution is 0.275. The molecule has 1 unspecified atom stereocenters. The Hall–Kier alpha value is -1.06. The molecule has 1 heterocycles. The Labute approximate surface area is 89.8 Å². The van der Waals surface area contributed by atoms with Crippen molar-refractivity contribution in [3.63, 3.8) is 0 Å². The van der Waals surface area contributed by atoms with E-state index in [1.807, 2.05) is 6.07 Å². The fourth-order valence-corrected chi connectivity index (χ4v) is 2.09. The minimum Gasteiger partial charge on any atom is -0.508 e. The van der Waals surface area contributed by atoms with Crippen LogP contribution in [-0.2, 0) is 13.0 Å². The quantitative estimate of drug-likeness (QED) is 0.697. The van der Waals surface area contributed by atoms with E-state index in [9.17, 15) is 5.11 Å². The SMILES string of the molecule is OCc1ccc(CC2CCCN2)cc1O. The molecule has 3 heteroatoms. The van der Waals surface area contributed by atoms with Gasteiger partial charge in [0.25, 0.3) is 0 Å². The summed E-state index contributed by atoms with van der Waals surface area (Å²) in [4.78, 5) is 0. The second-order valence-electron chi connectivity index (χ2n) is 4.12. The van der Waals surface area contributed by atoms with Crippen LogP contribution in [0.5, 0.6) is 5.75 Å². The number of hydrogen-bond donors (Lipinski definition) is 3. The van der Waals surface area contributed by atoms with Crippen molar-refractivity contribution in [2.24, 2.45) is 0 Å². The molecule has 0 saturated carbocycles. The lowest BCUT2D eigenvalue weighted by atomic mass is 10.0. The van der Waals surface area contributed by atoms with Gasteiger partial charge in [-0.3, -0.25) is 0 Å². The molecule has 0 radical (unpaired) electrons. The van der Waals surface area contributed by atoms with Gasteiger partial charge >= 0.3 is 0 Å². The number of aromatic hydroxyl groups is 1. The van der Waals surface area contributed by atoms with E-state index in [1.165, 1.54) is 12.8 Å². The molecule has 1 aliphatic heterocycles. The largest absolute Gasteiger partial charge is 0.508 e. The van der Waals surface area contributed by atoms with Crippen molar-refractivity contribution in [2.45, 2.75) is 31.9 Å². The number of hydrogen-bond acceptors (Lipinski definition) is 3. The van der Waals surface area contributed by atoms with Gasteiger partial charge in [-0.2, -0.15) is 0 Å². The van der Waals surface area contributed by atoms with E-state index in [2.05, 4.69) is 5.32 Å². The number of phenols is 1. The lowest BCUT2D eigenvalue weighted by Crippen LogP contribution is -2.23. The van der Waals surface area contributed by atoms with Gasteiger partial charge in [0.2, 0.25) is 0 Å². The van der Waals surface area contributed by atoms with Crippen LogP contribution in [0.1, 0.15) is 24.0 Å². The monoisotopic (exact) mass is 207 g/mol. The summed E-state index contributed by atoms with van der Waals surface area (Å²) >= 11 is 0. The third-order valence-electron chi connectivity index (χ3n) is 2.96. The van der Waals surface area contributed by atoms with Gasteiger partial charge in [0, 0.05) is 11.6 Å². The van der Waals surface area contributed by atoms with Gasteiger partial charge < -0.3 is 15.5 Å². The van der Waals surface area contributed by atoms with Crippen LogP contribution in [0.2, 0.25) is 0 Å². The van der Waals surface area contributed by atoms with Crippen LogP contribution in [0.3, 0.4) is 0 Å². The Bertz CT molecular complexity index is 332. The lowest BCUT2D eigenvalue weighted by Gasteiger charge is -2.11. The zero-order valence-electron chi connectivity index (χ0n) is 8.74. The predicted molar refractivity (Wildman–Crippen MR) is 58.8 cm³/mol. The third kappa shape index (κ3) is 2.49. The number of aliphatic hydroxyl groups excluding tert-OH is 1. The number of aliphatic hydroxyl groups is 1. The fraction of sp³-hybridized carbons (Fsp3) is 0.500. The average molecular weight is 207 g/mol. The normalized spacial score (nSPS) is 20.7. The van der Waals surface area contributed by atoms with E-state index in [0.717, 1.165) is 18.5 Å². The molecule has 0 aromatic heterocycles. The van der Waals surface area contributed by atoms with Crippen LogP contribution in [0.4, 0.5) is 0 Å².